The Morgan fingerprint density at radius 3 is 2.36 bits per heavy atom. The van der Waals surface area contributed by atoms with Gasteiger partial charge in [0.2, 0.25) is 5.95 Å². The molecule has 0 bridgehead atoms. The molecule has 1 aromatic heterocycles. The van der Waals surface area contributed by atoms with Crippen molar-refractivity contribution in [1.82, 2.24) is 9.97 Å². The normalized spacial score (nSPS) is 10.3. The van der Waals surface area contributed by atoms with Gasteiger partial charge in [-0.2, -0.15) is 4.98 Å². The fraction of sp³-hybridized carbons (Fsp3) is 0.0588. The third kappa shape index (κ3) is 3.26. The largest absolute Gasteiger partial charge is 0.357 e. The number of nitrogens with one attached hydrogen (secondary N) is 2. The van der Waals surface area contributed by atoms with Crippen LogP contribution in [0.2, 0.25) is 0 Å². The number of aromatic nitrogens is 2. The van der Waals surface area contributed by atoms with Gasteiger partial charge in [0.1, 0.15) is 5.82 Å². The molecule has 2 aromatic carbocycles. The minimum atomic E-state index is 0.580. The van der Waals surface area contributed by atoms with Gasteiger partial charge in [-0.1, -0.05) is 42.5 Å². The summed E-state index contributed by atoms with van der Waals surface area (Å²) in [6.45, 7) is 0. The van der Waals surface area contributed by atoms with Crippen LogP contribution in [0, 0.1) is 0 Å². The molecule has 4 nitrogen and oxygen atoms in total. The molecule has 2 N–H and O–H groups in total. The lowest BCUT2D eigenvalue weighted by atomic mass is 10.1. The zero-order valence-corrected chi connectivity index (χ0v) is 13.6. The number of hydrogen-bond donors (Lipinski definition) is 2. The zero-order chi connectivity index (χ0) is 15.4. The number of benzene rings is 2. The molecule has 22 heavy (non-hydrogen) atoms. The minimum absolute atomic E-state index is 0.580. The highest BCUT2D eigenvalue weighted by Gasteiger charge is 2.07. The molecule has 5 heteroatoms. The van der Waals surface area contributed by atoms with Gasteiger partial charge in [0.15, 0.2) is 0 Å². The molecule has 110 valence electrons. The van der Waals surface area contributed by atoms with Crippen molar-refractivity contribution in [1.29, 1.82) is 0 Å². The van der Waals surface area contributed by atoms with Crippen LogP contribution < -0.4 is 10.6 Å². The monoisotopic (exact) mass is 354 g/mol. The lowest BCUT2D eigenvalue weighted by Crippen LogP contribution is -2.02. The van der Waals surface area contributed by atoms with Crippen LogP contribution in [-0.4, -0.2) is 17.0 Å². The fourth-order valence-electron chi connectivity index (χ4n) is 2.08. The van der Waals surface area contributed by atoms with Gasteiger partial charge in [-0.15, -0.1) is 0 Å². The van der Waals surface area contributed by atoms with Crippen LogP contribution in [-0.2, 0) is 0 Å². The Hall–Kier alpha value is -2.40. The Bertz CT molecular complexity index is 775. The van der Waals surface area contributed by atoms with Gasteiger partial charge in [-0.05, 0) is 28.1 Å². The second kappa shape index (κ2) is 6.58. The predicted octanol–water partition coefficient (Wildman–Crippen LogP) is 4.69. The standard InChI is InChI=1S/C17H15BrN4/c1-19-17-21-15(12-7-3-2-4-8-12)11-16(22-17)20-14-10-6-5-9-13(14)18/h2-11H,1H3,(H2,19,20,21,22). The molecule has 0 fully saturated rings. The Labute approximate surface area is 137 Å². The number of para-hydroxylation sites is 1. The van der Waals surface area contributed by atoms with Gasteiger partial charge in [0, 0.05) is 23.2 Å². The average molecular weight is 355 g/mol. The van der Waals surface area contributed by atoms with Crippen molar-refractivity contribution >= 4 is 33.4 Å². The molecule has 0 atom stereocenters. The Kier molecular flexibility index (Phi) is 4.34. The van der Waals surface area contributed by atoms with Gasteiger partial charge < -0.3 is 10.6 Å². The van der Waals surface area contributed by atoms with E-state index < -0.39 is 0 Å². The first-order valence-corrected chi connectivity index (χ1v) is 7.69. The summed E-state index contributed by atoms with van der Waals surface area (Å²) in [6.07, 6.45) is 0. The van der Waals surface area contributed by atoms with Crippen molar-refractivity contribution in [2.45, 2.75) is 0 Å². The summed E-state index contributed by atoms with van der Waals surface area (Å²) in [5, 5.41) is 6.32. The molecule has 0 spiro atoms. The smallest absolute Gasteiger partial charge is 0.224 e. The van der Waals surface area contributed by atoms with Gasteiger partial charge in [0.05, 0.1) is 11.4 Å². The van der Waals surface area contributed by atoms with E-state index >= 15 is 0 Å². The van der Waals surface area contributed by atoms with Gasteiger partial charge in [0.25, 0.3) is 0 Å². The maximum absolute atomic E-state index is 4.51. The summed E-state index contributed by atoms with van der Waals surface area (Å²) in [6, 6.07) is 19.9. The van der Waals surface area contributed by atoms with E-state index in [0.29, 0.717) is 5.95 Å². The van der Waals surface area contributed by atoms with E-state index in [9.17, 15) is 0 Å². The Morgan fingerprint density at radius 1 is 0.909 bits per heavy atom. The third-order valence-electron chi connectivity index (χ3n) is 3.16. The summed E-state index contributed by atoms with van der Waals surface area (Å²) in [5.74, 6) is 1.32. The Balaban J connectivity index is 2.00. The van der Waals surface area contributed by atoms with Crippen molar-refractivity contribution in [3.05, 3.63) is 65.1 Å². The molecular formula is C17H15BrN4. The SMILES string of the molecule is CNc1nc(Nc2ccccc2Br)cc(-c2ccccc2)n1. The number of nitrogens with zero attached hydrogens (tertiary/aromatic N) is 2. The maximum Gasteiger partial charge on any atom is 0.224 e. The highest BCUT2D eigenvalue weighted by Crippen LogP contribution is 2.27. The summed E-state index contributed by atoms with van der Waals surface area (Å²) in [7, 11) is 1.81. The molecule has 0 aliphatic rings. The van der Waals surface area contributed by atoms with Crippen molar-refractivity contribution in [3.8, 4) is 11.3 Å². The van der Waals surface area contributed by atoms with E-state index in [0.717, 1.165) is 27.2 Å². The molecule has 0 saturated carbocycles. The maximum atomic E-state index is 4.51. The van der Waals surface area contributed by atoms with Crippen LogP contribution in [0.1, 0.15) is 0 Å². The van der Waals surface area contributed by atoms with Crippen LogP contribution in [0.3, 0.4) is 0 Å². The molecular weight excluding hydrogens is 340 g/mol. The predicted molar refractivity (Wildman–Crippen MR) is 94.4 cm³/mol. The quantitative estimate of drug-likeness (QED) is 0.713. The van der Waals surface area contributed by atoms with E-state index in [4.69, 9.17) is 0 Å². The first-order valence-electron chi connectivity index (χ1n) is 6.90. The van der Waals surface area contributed by atoms with Crippen LogP contribution in [0.15, 0.2) is 65.1 Å². The number of rotatable bonds is 4. The summed E-state index contributed by atoms with van der Waals surface area (Å²) in [4.78, 5) is 8.97. The van der Waals surface area contributed by atoms with Crippen molar-refractivity contribution in [2.24, 2.45) is 0 Å². The molecule has 3 rings (SSSR count). The summed E-state index contributed by atoms with van der Waals surface area (Å²) >= 11 is 3.53. The van der Waals surface area contributed by atoms with Gasteiger partial charge in [-0.3, -0.25) is 0 Å². The van der Waals surface area contributed by atoms with Crippen LogP contribution in [0.4, 0.5) is 17.5 Å². The number of hydrogen-bond acceptors (Lipinski definition) is 4. The van der Waals surface area contributed by atoms with E-state index in [1.807, 2.05) is 67.7 Å². The van der Waals surface area contributed by atoms with E-state index in [1.54, 1.807) is 0 Å². The van der Waals surface area contributed by atoms with Crippen molar-refractivity contribution in [2.75, 3.05) is 17.7 Å². The van der Waals surface area contributed by atoms with Crippen molar-refractivity contribution in [3.63, 3.8) is 0 Å². The van der Waals surface area contributed by atoms with Crippen LogP contribution >= 0.6 is 15.9 Å². The first-order chi connectivity index (χ1) is 10.8. The average Bonchev–Trinajstić information content (AvgIpc) is 2.57. The molecule has 3 aromatic rings. The Morgan fingerprint density at radius 2 is 1.64 bits per heavy atom. The topological polar surface area (TPSA) is 49.8 Å². The second-order valence-corrected chi connectivity index (χ2v) is 5.54. The van der Waals surface area contributed by atoms with E-state index in [2.05, 4.69) is 36.5 Å². The first kappa shape index (κ1) is 14.5. The van der Waals surface area contributed by atoms with Gasteiger partial charge in [-0.25, -0.2) is 4.98 Å². The molecule has 0 aliphatic carbocycles. The molecule has 1 heterocycles. The van der Waals surface area contributed by atoms with Gasteiger partial charge >= 0.3 is 0 Å². The molecule has 0 aliphatic heterocycles. The summed E-state index contributed by atoms with van der Waals surface area (Å²) < 4.78 is 0.987. The highest BCUT2D eigenvalue weighted by atomic mass is 79.9. The lowest BCUT2D eigenvalue weighted by molar-refractivity contribution is 1.15. The van der Waals surface area contributed by atoms with Crippen LogP contribution in [0.5, 0.6) is 0 Å². The molecule has 0 saturated heterocycles. The molecule has 0 radical (unpaired) electrons. The van der Waals surface area contributed by atoms with Crippen molar-refractivity contribution < 1.29 is 0 Å². The zero-order valence-electron chi connectivity index (χ0n) is 12.0. The minimum Gasteiger partial charge on any atom is -0.357 e. The van der Waals surface area contributed by atoms with E-state index in [-0.39, 0.29) is 0 Å². The third-order valence-corrected chi connectivity index (χ3v) is 3.85. The number of halogens is 1. The summed E-state index contributed by atoms with van der Waals surface area (Å²) in [5.41, 5.74) is 2.88. The second-order valence-electron chi connectivity index (χ2n) is 4.68. The van der Waals surface area contributed by atoms with Crippen LogP contribution in [0.25, 0.3) is 11.3 Å². The fourth-order valence-corrected chi connectivity index (χ4v) is 2.46. The number of anilines is 3. The lowest BCUT2D eigenvalue weighted by Gasteiger charge is -2.11. The van der Waals surface area contributed by atoms with E-state index in [1.165, 1.54) is 0 Å². The molecule has 0 unspecified atom stereocenters. The molecule has 0 amide bonds. The highest BCUT2D eigenvalue weighted by molar-refractivity contribution is 9.10.